The van der Waals surface area contributed by atoms with Gasteiger partial charge in [-0.25, -0.2) is 0 Å². The predicted molar refractivity (Wildman–Crippen MR) is 104 cm³/mol. The van der Waals surface area contributed by atoms with Crippen LogP contribution in [-0.2, 0) is 12.8 Å². The second-order valence-corrected chi connectivity index (χ2v) is 10.5. The molecule has 0 saturated heterocycles. The molecular weight excluding hydrogens is 472 g/mol. The van der Waals surface area contributed by atoms with Crippen molar-refractivity contribution in [3.8, 4) is 0 Å². The average Bonchev–Trinajstić information content (AvgIpc) is 2.60. The molecule has 0 aromatic heterocycles. The van der Waals surface area contributed by atoms with Crippen molar-refractivity contribution in [3.05, 3.63) is 71.8 Å². The molecule has 0 aliphatic rings. The molecule has 2 N–H and O–H groups in total. The van der Waals surface area contributed by atoms with E-state index in [9.17, 15) is 0 Å². The van der Waals surface area contributed by atoms with Gasteiger partial charge < -0.3 is 12.4 Å². The molecule has 4 heteroatoms. The summed E-state index contributed by atoms with van der Waals surface area (Å²) in [6, 6.07) is 21.6. The van der Waals surface area contributed by atoms with Gasteiger partial charge in [-0.2, -0.15) is 0 Å². The van der Waals surface area contributed by atoms with Crippen LogP contribution in [0.4, 0.5) is 0 Å². The standard InChI is InChI=1S/2C11H16N.ClH.Nd/c2*1-11(2,12)9-8-10-6-4-3-5-7-10;;/h2*3-7,12H,8-9H2,1-2H3;1H;/q2*-1;;+3/p-1. The number of aryl methyl sites for hydroxylation is 2. The van der Waals surface area contributed by atoms with Crippen molar-refractivity contribution in [2.75, 3.05) is 0 Å². The molecule has 2 nitrogen and oxygen atoms in total. The van der Waals surface area contributed by atoms with Crippen LogP contribution < -0.4 is 15.2 Å². The van der Waals surface area contributed by atoms with Crippen LogP contribution in [0.25, 0.3) is 0 Å². The van der Waals surface area contributed by atoms with Gasteiger partial charge in [0.25, 0.3) is 0 Å². The maximum absolute atomic E-state index is 3.87. The molecule has 0 unspecified atom stereocenters. The fourth-order valence-electron chi connectivity index (χ4n) is 2.70. The van der Waals surface area contributed by atoms with Gasteiger partial charge in [-0.15, -0.1) is 0 Å². The predicted octanol–water partition coefficient (Wildman–Crippen LogP) is 1.91. The summed E-state index contributed by atoms with van der Waals surface area (Å²) in [5.74, 6) is 0. The number of rotatable bonds is 10. The van der Waals surface area contributed by atoms with Gasteiger partial charge in [0.15, 0.2) is 0 Å². The van der Waals surface area contributed by atoms with Crippen LogP contribution in [0.2, 0.25) is 0 Å². The van der Waals surface area contributed by atoms with Crippen molar-refractivity contribution in [3.63, 3.8) is 0 Å². The minimum atomic E-state index is -1.03. The Labute approximate surface area is 187 Å². The third-order valence-electron chi connectivity index (χ3n) is 4.56. The van der Waals surface area contributed by atoms with E-state index < -0.39 is 37.5 Å². The van der Waals surface area contributed by atoms with Gasteiger partial charge in [-0.3, -0.25) is 0 Å². The first-order chi connectivity index (χ1) is 11.9. The molecule has 2 aromatic rings. The van der Waals surface area contributed by atoms with Gasteiger partial charge in [0.2, 0.25) is 0 Å². The summed E-state index contributed by atoms with van der Waals surface area (Å²) in [4.78, 5) is 0. The number of hydrogen-bond acceptors (Lipinski definition) is 2. The molecule has 0 heterocycles. The van der Waals surface area contributed by atoms with Crippen LogP contribution in [0.15, 0.2) is 60.7 Å². The average molecular weight is 504 g/mol. The fourth-order valence-corrected chi connectivity index (χ4v) is 5.87. The van der Waals surface area contributed by atoms with Crippen LogP contribution >= 0.6 is 0 Å². The van der Waals surface area contributed by atoms with Gasteiger partial charge in [0.1, 0.15) is 0 Å². The van der Waals surface area contributed by atoms with E-state index >= 15 is 0 Å². The maximum Gasteiger partial charge on any atom is -1.00 e. The Morgan fingerprint density at radius 2 is 1.00 bits per heavy atom. The molecule has 2 aromatic carbocycles. The van der Waals surface area contributed by atoms with Crippen molar-refractivity contribution >= 4 is 0 Å². The Morgan fingerprint density at radius 1 is 0.654 bits per heavy atom. The van der Waals surface area contributed by atoms with Gasteiger partial charge in [-0.05, 0) is 0 Å². The third-order valence-corrected chi connectivity index (χ3v) is 9.71. The SMILES string of the molecule is CC(C)(CCc1ccccc1)[NH][Nd+][NH]C(C)(C)CCc1ccccc1.[Cl-]. The Bertz CT molecular complexity index is 559. The summed E-state index contributed by atoms with van der Waals surface area (Å²) in [5, 5.41) is 0. The third kappa shape index (κ3) is 9.80. The number of nitrogens with one attached hydrogen (secondary N) is 2. The molecule has 0 radical (unpaired) electrons. The Balaban J connectivity index is 0.00000338. The van der Waals surface area contributed by atoms with Crippen LogP contribution in [0, 0.1) is 37.5 Å². The first-order valence-corrected chi connectivity index (χ1v) is 12.4. The summed E-state index contributed by atoms with van der Waals surface area (Å²) in [6.07, 6.45) is 4.63. The van der Waals surface area contributed by atoms with E-state index in [1.807, 2.05) is 0 Å². The maximum atomic E-state index is 3.87. The summed E-state index contributed by atoms with van der Waals surface area (Å²) < 4.78 is 7.73. The minimum Gasteiger partial charge on any atom is -1.00 e. The number of benzene rings is 2. The molecular formula is C22H32ClN2Nd. The number of halogens is 1. The quantitative estimate of drug-likeness (QED) is 0.517. The Morgan fingerprint density at radius 3 is 1.35 bits per heavy atom. The monoisotopic (exact) mass is 501 g/mol. The molecule has 0 aliphatic carbocycles. The molecule has 0 aliphatic heterocycles. The van der Waals surface area contributed by atoms with E-state index in [4.69, 9.17) is 0 Å². The van der Waals surface area contributed by atoms with Gasteiger partial charge in [-0.1, -0.05) is 0 Å². The molecule has 0 bridgehead atoms. The zero-order valence-electron chi connectivity index (χ0n) is 16.5. The minimum absolute atomic E-state index is 0. The number of hydrogen-bond donors (Lipinski definition) is 2. The molecule has 0 atom stereocenters. The Hall–Kier alpha value is 0.000649. The topological polar surface area (TPSA) is 24.1 Å². The van der Waals surface area contributed by atoms with Gasteiger partial charge in [0.05, 0.1) is 0 Å². The summed E-state index contributed by atoms with van der Waals surface area (Å²) in [7, 11) is 0. The van der Waals surface area contributed by atoms with Crippen LogP contribution in [0.3, 0.4) is 0 Å². The summed E-state index contributed by atoms with van der Waals surface area (Å²) >= 11 is -1.03. The summed E-state index contributed by atoms with van der Waals surface area (Å²) in [5.41, 5.74) is 3.28. The van der Waals surface area contributed by atoms with Crippen LogP contribution in [-0.4, -0.2) is 11.1 Å². The van der Waals surface area contributed by atoms with Crippen LogP contribution in [0.5, 0.6) is 0 Å². The second-order valence-electron chi connectivity index (χ2n) is 8.11. The van der Waals surface area contributed by atoms with E-state index in [2.05, 4.69) is 91.2 Å². The molecule has 0 fully saturated rings. The first kappa shape index (κ1) is 24.0. The molecule has 0 spiro atoms. The Kier molecular flexibility index (Phi) is 10.9. The van der Waals surface area contributed by atoms with Crippen molar-refractivity contribution < 1.29 is 49.9 Å². The van der Waals surface area contributed by atoms with Gasteiger partial charge >= 0.3 is 177 Å². The van der Waals surface area contributed by atoms with Crippen LogP contribution in [0.1, 0.15) is 51.7 Å². The molecule has 0 amide bonds. The van der Waals surface area contributed by atoms with Gasteiger partial charge in [0, 0.05) is 0 Å². The molecule has 0 saturated carbocycles. The zero-order chi connectivity index (χ0) is 18.2. The smallest absolute Gasteiger partial charge is 1.00 e. The van der Waals surface area contributed by atoms with E-state index in [0.29, 0.717) is 0 Å². The summed E-state index contributed by atoms with van der Waals surface area (Å²) in [6.45, 7) is 9.34. The van der Waals surface area contributed by atoms with E-state index in [-0.39, 0.29) is 23.5 Å². The first-order valence-electron chi connectivity index (χ1n) is 9.24. The normalized spacial score (nSPS) is 11.5. The molecule has 141 valence electrons. The molecule has 2 rings (SSSR count). The largest absolute Gasteiger partial charge is 1.00 e. The van der Waals surface area contributed by atoms with Crippen molar-refractivity contribution in [1.29, 1.82) is 0 Å². The van der Waals surface area contributed by atoms with E-state index in [1.165, 1.54) is 24.0 Å². The molecule has 26 heavy (non-hydrogen) atoms. The second kappa shape index (κ2) is 11.8. The van der Waals surface area contributed by atoms with Crippen molar-refractivity contribution in [2.24, 2.45) is 0 Å². The van der Waals surface area contributed by atoms with Crippen molar-refractivity contribution in [1.82, 2.24) is 2.80 Å². The van der Waals surface area contributed by atoms with E-state index in [1.54, 1.807) is 0 Å². The fraction of sp³-hybridized carbons (Fsp3) is 0.455. The van der Waals surface area contributed by atoms with Crippen molar-refractivity contribution in [2.45, 2.75) is 64.5 Å². The van der Waals surface area contributed by atoms with E-state index in [0.717, 1.165) is 12.8 Å². The zero-order valence-corrected chi connectivity index (χ0v) is 20.4.